The highest BCUT2D eigenvalue weighted by molar-refractivity contribution is 6.31. The van der Waals surface area contributed by atoms with E-state index in [4.69, 9.17) is 0 Å². The number of imide groups is 2. The standard InChI is InChI=1S/C18H20N4O5/c1-10-5-6-21(11(2)7-10)15-4-3-13(22(26)27)8-12(15)9-14-16(23)19-18(25)20-17(14)24/h3-4,8-11H,5-7H2,1-2H3,(H2,19,20,23,24,25)/t10-,11+/m1/s1. The molecule has 9 nitrogen and oxygen atoms in total. The molecule has 2 aliphatic heterocycles. The Balaban J connectivity index is 2.06. The topological polar surface area (TPSA) is 122 Å². The van der Waals surface area contributed by atoms with Crippen molar-refractivity contribution in [3.8, 4) is 0 Å². The minimum atomic E-state index is -0.889. The van der Waals surface area contributed by atoms with E-state index < -0.39 is 22.8 Å². The second kappa shape index (κ2) is 7.18. The van der Waals surface area contributed by atoms with Crippen molar-refractivity contribution in [1.29, 1.82) is 0 Å². The van der Waals surface area contributed by atoms with Gasteiger partial charge in [0, 0.05) is 36.0 Å². The van der Waals surface area contributed by atoms with E-state index >= 15 is 0 Å². The zero-order valence-corrected chi connectivity index (χ0v) is 15.0. The molecule has 142 valence electrons. The number of anilines is 1. The Labute approximate surface area is 155 Å². The van der Waals surface area contributed by atoms with Gasteiger partial charge in [-0.15, -0.1) is 0 Å². The average molecular weight is 372 g/mol. The maximum Gasteiger partial charge on any atom is 0.328 e. The summed E-state index contributed by atoms with van der Waals surface area (Å²) in [6, 6.07) is 3.71. The molecule has 27 heavy (non-hydrogen) atoms. The fraction of sp³-hybridized carbons (Fsp3) is 0.389. The van der Waals surface area contributed by atoms with Gasteiger partial charge >= 0.3 is 6.03 Å². The van der Waals surface area contributed by atoms with Crippen LogP contribution >= 0.6 is 0 Å². The van der Waals surface area contributed by atoms with Gasteiger partial charge in [0.15, 0.2) is 0 Å². The number of nitrogens with one attached hydrogen (secondary N) is 2. The number of urea groups is 1. The molecule has 9 heteroatoms. The summed E-state index contributed by atoms with van der Waals surface area (Å²) in [4.78, 5) is 48.0. The number of piperidine rings is 1. The van der Waals surface area contributed by atoms with E-state index in [0.717, 1.165) is 19.4 Å². The number of nitro groups is 1. The van der Waals surface area contributed by atoms with Gasteiger partial charge in [0.25, 0.3) is 17.5 Å². The van der Waals surface area contributed by atoms with Crippen molar-refractivity contribution in [3.05, 3.63) is 39.4 Å². The number of carbonyl (C=O) groups excluding carboxylic acids is 3. The van der Waals surface area contributed by atoms with Gasteiger partial charge in [0.1, 0.15) is 5.57 Å². The maximum atomic E-state index is 12.0. The quantitative estimate of drug-likeness (QED) is 0.362. The highest BCUT2D eigenvalue weighted by atomic mass is 16.6. The van der Waals surface area contributed by atoms with E-state index in [2.05, 4.69) is 18.7 Å². The zero-order valence-electron chi connectivity index (χ0n) is 15.0. The Morgan fingerprint density at radius 1 is 1.19 bits per heavy atom. The van der Waals surface area contributed by atoms with Crippen LogP contribution in [0.1, 0.15) is 32.3 Å². The summed E-state index contributed by atoms with van der Waals surface area (Å²) in [5.74, 6) is -1.08. The number of nitrogens with zero attached hydrogens (tertiary/aromatic N) is 2. The van der Waals surface area contributed by atoms with Gasteiger partial charge < -0.3 is 4.90 Å². The third-order valence-electron chi connectivity index (χ3n) is 4.91. The molecule has 0 bridgehead atoms. The number of non-ortho nitro benzene ring substituents is 1. The van der Waals surface area contributed by atoms with Crippen LogP contribution in [0.4, 0.5) is 16.2 Å². The van der Waals surface area contributed by atoms with Gasteiger partial charge in [0.05, 0.1) is 4.92 Å². The first-order chi connectivity index (χ1) is 12.8. The summed E-state index contributed by atoms with van der Waals surface area (Å²) in [7, 11) is 0. The molecule has 2 N–H and O–H groups in total. The van der Waals surface area contributed by atoms with Crippen molar-refractivity contribution >= 4 is 35.3 Å². The molecule has 2 fully saturated rings. The first kappa shape index (κ1) is 18.6. The molecular weight excluding hydrogens is 352 g/mol. The van der Waals surface area contributed by atoms with Gasteiger partial charge in [-0.1, -0.05) is 6.92 Å². The van der Waals surface area contributed by atoms with Crippen LogP contribution in [-0.4, -0.2) is 35.4 Å². The summed E-state index contributed by atoms with van der Waals surface area (Å²) < 4.78 is 0. The lowest BCUT2D eigenvalue weighted by Crippen LogP contribution is -2.51. The van der Waals surface area contributed by atoms with E-state index in [-0.39, 0.29) is 17.3 Å². The number of benzene rings is 1. The lowest BCUT2D eigenvalue weighted by molar-refractivity contribution is -0.384. The summed E-state index contributed by atoms with van der Waals surface area (Å²) in [5.41, 5.74) is 0.691. The van der Waals surface area contributed by atoms with Crippen molar-refractivity contribution in [3.63, 3.8) is 0 Å². The monoisotopic (exact) mass is 372 g/mol. The number of hydrogen-bond acceptors (Lipinski definition) is 6. The largest absolute Gasteiger partial charge is 0.368 e. The Kier molecular flexibility index (Phi) is 4.93. The first-order valence-electron chi connectivity index (χ1n) is 8.69. The van der Waals surface area contributed by atoms with Gasteiger partial charge in [-0.25, -0.2) is 4.79 Å². The Morgan fingerprint density at radius 2 is 1.85 bits per heavy atom. The minimum absolute atomic E-state index is 0.142. The summed E-state index contributed by atoms with van der Waals surface area (Å²) in [6.07, 6.45) is 3.25. The number of barbiturate groups is 1. The normalized spacial score (nSPS) is 23.0. The van der Waals surface area contributed by atoms with Crippen molar-refractivity contribution in [2.45, 2.75) is 32.7 Å². The number of nitro benzene ring substituents is 1. The van der Waals surface area contributed by atoms with Gasteiger partial charge in [0.2, 0.25) is 0 Å². The van der Waals surface area contributed by atoms with Crippen molar-refractivity contribution in [2.24, 2.45) is 5.92 Å². The third kappa shape index (κ3) is 3.81. The fourth-order valence-electron chi connectivity index (χ4n) is 3.56. The third-order valence-corrected chi connectivity index (χ3v) is 4.91. The second-order valence-corrected chi connectivity index (χ2v) is 6.97. The Bertz CT molecular complexity index is 841. The molecule has 0 saturated carbocycles. The molecule has 0 radical (unpaired) electrons. The maximum absolute atomic E-state index is 12.0. The molecule has 1 aromatic rings. The van der Waals surface area contributed by atoms with Crippen LogP contribution in [0, 0.1) is 16.0 Å². The van der Waals surface area contributed by atoms with Crippen molar-refractivity contribution in [2.75, 3.05) is 11.4 Å². The van der Waals surface area contributed by atoms with Crippen LogP contribution in [0.15, 0.2) is 23.8 Å². The number of hydrogen-bond donors (Lipinski definition) is 2. The molecule has 1 aromatic carbocycles. The SMILES string of the molecule is C[C@@H]1CCN(c2ccc([N+](=O)[O-])cc2C=C2C(=O)NC(=O)NC2=O)[C@@H](C)C1. The van der Waals surface area contributed by atoms with Gasteiger partial charge in [-0.2, -0.15) is 0 Å². The van der Waals surface area contributed by atoms with Crippen LogP contribution in [0.3, 0.4) is 0 Å². The Hall–Kier alpha value is -3.23. The predicted molar refractivity (Wildman–Crippen MR) is 98.0 cm³/mol. The van der Waals surface area contributed by atoms with Gasteiger partial charge in [-0.05, 0) is 37.8 Å². The zero-order chi connectivity index (χ0) is 19.7. The average Bonchev–Trinajstić information content (AvgIpc) is 2.58. The molecule has 2 heterocycles. The van der Waals surface area contributed by atoms with E-state index in [1.165, 1.54) is 18.2 Å². The molecule has 4 amide bonds. The molecule has 2 aliphatic rings. The highest BCUT2D eigenvalue weighted by Gasteiger charge is 2.30. The molecule has 0 aromatic heterocycles. The predicted octanol–water partition coefficient (Wildman–Crippen LogP) is 1.97. The number of carbonyl (C=O) groups is 3. The molecule has 0 unspecified atom stereocenters. The van der Waals surface area contributed by atoms with Crippen LogP contribution in [0.25, 0.3) is 6.08 Å². The van der Waals surface area contributed by atoms with E-state index in [1.54, 1.807) is 6.07 Å². The highest BCUT2D eigenvalue weighted by Crippen LogP contribution is 2.33. The molecule has 0 aliphatic carbocycles. The second-order valence-electron chi connectivity index (χ2n) is 6.97. The Morgan fingerprint density at radius 3 is 2.44 bits per heavy atom. The van der Waals surface area contributed by atoms with Crippen LogP contribution in [0.5, 0.6) is 0 Å². The molecular formula is C18H20N4O5. The number of rotatable bonds is 3. The smallest absolute Gasteiger partial charge is 0.328 e. The van der Waals surface area contributed by atoms with Crippen molar-refractivity contribution in [1.82, 2.24) is 10.6 Å². The molecule has 3 rings (SSSR count). The van der Waals surface area contributed by atoms with Crippen LogP contribution in [0.2, 0.25) is 0 Å². The lowest BCUT2D eigenvalue weighted by Gasteiger charge is -2.39. The van der Waals surface area contributed by atoms with Crippen LogP contribution < -0.4 is 15.5 Å². The first-order valence-corrected chi connectivity index (χ1v) is 8.69. The van der Waals surface area contributed by atoms with Crippen LogP contribution in [-0.2, 0) is 9.59 Å². The summed E-state index contributed by atoms with van der Waals surface area (Å²) in [6.45, 7) is 5.03. The number of amides is 4. The van der Waals surface area contributed by atoms with Crippen molar-refractivity contribution < 1.29 is 19.3 Å². The van der Waals surface area contributed by atoms with Gasteiger partial charge in [-0.3, -0.25) is 30.3 Å². The summed E-state index contributed by atoms with van der Waals surface area (Å²) in [5, 5.41) is 15.2. The minimum Gasteiger partial charge on any atom is -0.368 e. The summed E-state index contributed by atoms with van der Waals surface area (Å²) >= 11 is 0. The van der Waals surface area contributed by atoms with E-state index in [1.807, 2.05) is 10.6 Å². The van der Waals surface area contributed by atoms with E-state index in [9.17, 15) is 24.5 Å². The molecule has 2 atom stereocenters. The lowest BCUT2D eigenvalue weighted by atomic mass is 9.92. The van der Waals surface area contributed by atoms with E-state index in [0.29, 0.717) is 17.2 Å². The fourth-order valence-corrected chi connectivity index (χ4v) is 3.56. The molecule has 2 saturated heterocycles. The molecule has 0 spiro atoms.